The van der Waals surface area contributed by atoms with Crippen LogP contribution in [0.15, 0.2) is 24.3 Å². The lowest BCUT2D eigenvalue weighted by atomic mass is 9.86. The molecule has 0 aliphatic carbocycles. The fourth-order valence-electron chi connectivity index (χ4n) is 1.61. The van der Waals surface area contributed by atoms with Crippen molar-refractivity contribution < 1.29 is 13.2 Å². The summed E-state index contributed by atoms with van der Waals surface area (Å²) >= 11 is 0. The van der Waals surface area contributed by atoms with Crippen molar-refractivity contribution >= 4 is 0 Å². The molecular weight excluding hydrogens is 227 g/mol. The van der Waals surface area contributed by atoms with Crippen LogP contribution in [0.3, 0.4) is 0 Å². The zero-order valence-corrected chi connectivity index (χ0v) is 10.3. The zero-order chi connectivity index (χ0) is 13.2. The monoisotopic (exact) mass is 245 g/mol. The van der Waals surface area contributed by atoms with Gasteiger partial charge in [0.15, 0.2) is 0 Å². The first kappa shape index (κ1) is 14.0. The highest BCUT2D eigenvalue weighted by Crippen LogP contribution is 2.31. The van der Waals surface area contributed by atoms with E-state index in [1.807, 2.05) is 6.92 Å². The van der Waals surface area contributed by atoms with Gasteiger partial charge in [0.2, 0.25) is 0 Å². The molecule has 0 heterocycles. The predicted molar refractivity (Wildman–Crippen MR) is 62.4 cm³/mol. The predicted octanol–water partition coefficient (Wildman–Crippen LogP) is 4.00. The molecule has 0 bridgehead atoms. The molecule has 96 valence electrons. The molecule has 4 heteroatoms. The van der Waals surface area contributed by atoms with E-state index in [2.05, 4.69) is 13.8 Å². The quantitative estimate of drug-likeness (QED) is 0.855. The minimum absolute atomic E-state index is 0.225. The molecule has 17 heavy (non-hydrogen) atoms. The molecule has 2 atom stereocenters. The number of nitrogens with two attached hydrogens (primary N) is 1. The summed E-state index contributed by atoms with van der Waals surface area (Å²) in [6.45, 7) is 6.11. The fraction of sp³-hybridized carbons (Fsp3) is 0.538. The Morgan fingerprint density at radius 1 is 1.00 bits per heavy atom. The molecule has 0 aliphatic heterocycles. The second-order valence-corrected chi connectivity index (χ2v) is 4.75. The Morgan fingerprint density at radius 2 is 1.47 bits per heavy atom. The SMILES string of the molecule is CC(C)C(C)C(N)c1ccc(C(F)(F)F)cc1. The van der Waals surface area contributed by atoms with Gasteiger partial charge in [0.05, 0.1) is 5.56 Å². The lowest BCUT2D eigenvalue weighted by Crippen LogP contribution is -2.23. The largest absolute Gasteiger partial charge is 0.416 e. The van der Waals surface area contributed by atoms with E-state index < -0.39 is 11.7 Å². The maximum Gasteiger partial charge on any atom is 0.416 e. The van der Waals surface area contributed by atoms with Crippen molar-refractivity contribution in [3.05, 3.63) is 35.4 Å². The van der Waals surface area contributed by atoms with E-state index in [1.165, 1.54) is 12.1 Å². The van der Waals surface area contributed by atoms with Gasteiger partial charge < -0.3 is 5.73 Å². The van der Waals surface area contributed by atoms with Crippen molar-refractivity contribution in [2.24, 2.45) is 17.6 Å². The van der Waals surface area contributed by atoms with Gasteiger partial charge in [-0.3, -0.25) is 0 Å². The molecule has 0 fully saturated rings. The van der Waals surface area contributed by atoms with Crippen LogP contribution in [-0.2, 0) is 6.18 Å². The molecule has 2 N–H and O–H groups in total. The third-order valence-electron chi connectivity index (χ3n) is 3.24. The summed E-state index contributed by atoms with van der Waals surface area (Å²) in [6, 6.07) is 4.88. The molecule has 0 aliphatic rings. The average Bonchev–Trinajstić information content (AvgIpc) is 2.26. The molecule has 2 unspecified atom stereocenters. The van der Waals surface area contributed by atoms with Crippen LogP contribution in [0.1, 0.15) is 37.9 Å². The van der Waals surface area contributed by atoms with Crippen molar-refractivity contribution in [3.63, 3.8) is 0 Å². The molecular formula is C13H18F3N. The Bertz CT molecular complexity index is 354. The first-order valence-corrected chi connectivity index (χ1v) is 5.66. The molecule has 0 saturated heterocycles. The van der Waals surface area contributed by atoms with Gasteiger partial charge in [0.1, 0.15) is 0 Å². The Kier molecular flexibility index (Phi) is 4.20. The molecule has 1 aromatic rings. The van der Waals surface area contributed by atoms with Crippen molar-refractivity contribution in [1.29, 1.82) is 0 Å². The highest BCUT2D eigenvalue weighted by Gasteiger charge is 2.30. The van der Waals surface area contributed by atoms with Gasteiger partial charge in [-0.15, -0.1) is 0 Å². The van der Waals surface area contributed by atoms with Crippen LogP contribution in [-0.4, -0.2) is 0 Å². The molecule has 1 aromatic carbocycles. The van der Waals surface area contributed by atoms with Crippen LogP contribution >= 0.6 is 0 Å². The highest BCUT2D eigenvalue weighted by atomic mass is 19.4. The maximum atomic E-state index is 12.4. The van der Waals surface area contributed by atoms with Crippen LogP contribution < -0.4 is 5.73 Å². The lowest BCUT2D eigenvalue weighted by molar-refractivity contribution is -0.137. The van der Waals surface area contributed by atoms with E-state index in [4.69, 9.17) is 5.73 Å². The second-order valence-electron chi connectivity index (χ2n) is 4.75. The summed E-state index contributed by atoms with van der Waals surface area (Å²) in [4.78, 5) is 0. The number of alkyl halides is 3. The van der Waals surface area contributed by atoms with Crippen molar-refractivity contribution in [2.75, 3.05) is 0 Å². The van der Waals surface area contributed by atoms with E-state index >= 15 is 0 Å². The van der Waals surface area contributed by atoms with E-state index in [1.54, 1.807) is 0 Å². The number of rotatable bonds is 3. The number of hydrogen-bond acceptors (Lipinski definition) is 1. The van der Waals surface area contributed by atoms with Crippen LogP contribution in [0, 0.1) is 11.8 Å². The molecule has 0 radical (unpaired) electrons. The van der Waals surface area contributed by atoms with Crippen molar-refractivity contribution in [3.8, 4) is 0 Å². The number of halogens is 3. The molecule has 0 amide bonds. The van der Waals surface area contributed by atoms with Gasteiger partial charge in [0, 0.05) is 6.04 Å². The Hall–Kier alpha value is -1.03. The molecule has 1 nitrogen and oxygen atoms in total. The third kappa shape index (κ3) is 3.46. The summed E-state index contributed by atoms with van der Waals surface area (Å²) < 4.78 is 37.1. The van der Waals surface area contributed by atoms with Gasteiger partial charge in [-0.25, -0.2) is 0 Å². The van der Waals surface area contributed by atoms with Gasteiger partial charge in [0.25, 0.3) is 0 Å². The van der Waals surface area contributed by atoms with E-state index in [9.17, 15) is 13.2 Å². The summed E-state index contributed by atoms with van der Waals surface area (Å²) in [6.07, 6.45) is -4.29. The first-order chi connectivity index (χ1) is 7.73. The van der Waals surface area contributed by atoms with Gasteiger partial charge in [-0.2, -0.15) is 13.2 Å². The molecule has 1 rings (SSSR count). The second kappa shape index (κ2) is 5.08. The average molecular weight is 245 g/mol. The van der Waals surface area contributed by atoms with Crippen LogP contribution in [0.2, 0.25) is 0 Å². The normalized spacial score (nSPS) is 16.0. The van der Waals surface area contributed by atoms with E-state index in [0.717, 1.165) is 17.7 Å². The molecule has 0 spiro atoms. The highest BCUT2D eigenvalue weighted by molar-refractivity contribution is 5.27. The minimum Gasteiger partial charge on any atom is -0.324 e. The Morgan fingerprint density at radius 3 is 1.82 bits per heavy atom. The first-order valence-electron chi connectivity index (χ1n) is 5.66. The Labute approximate surface area is 99.8 Å². The number of benzene rings is 1. The topological polar surface area (TPSA) is 26.0 Å². The molecule has 0 aromatic heterocycles. The lowest BCUT2D eigenvalue weighted by Gasteiger charge is -2.24. The Balaban J connectivity index is 2.88. The zero-order valence-electron chi connectivity index (χ0n) is 10.3. The van der Waals surface area contributed by atoms with Crippen LogP contribution in [0.25, 0.3) is 0 Å². The van der Waals surface area contributed by atoms with E-state index in [-0.39, 0.29) is 12.0 Å². The fourth-order valence-corrected chi connectivity index (χ4v) is 1.61. The van der Waals surface area contributed by atoms with Gasteiger partial charge in [-0.05, 0) is 29.5 Å². The van der Waals surface area contributed by atoms with Gasteiger partial charge in [-0.1, -0.05) is 32.9 Å². The van der Waals surface area contributed by atoms with Crippen molar-refractivity contribution in [1.82, 2.24) is 0 Å². The summed E-state index contributed by atoms with van der Waals surface area (Å²) in [5.41, 5.74) is 6.13. The van der Waals surface area contributed by atoms with Crippen LogP contribution in [0.5, 0.6) is 0 Å². The minimum atomic E-state index is -4.29. The summed E-state index contributed by atoms with van der Waals surface area (Å²) in [7, 11) is 0. The summed E-state index contributed by atoms with van der Waals surface area (Å²) in [5.74, 6) is 0.624. The number of hydrogen-bond donors (Lipinski definition) is 1. The van der Waals surface area contributed by atoms with Gasteiger partial charge >= 0.3 is 6.18 Å². The molecule has 0 saturated carbocycles. The smallest absolute Gasteiger partial charge is 0.324 e. The standard InChI is InChI=1S/C13H18F3N/c1-8(2)9(3)12(17)10-4-6-11(7-5-10)13(14,15)16/h4-9,12H,17H2,1-3H3. The van der Waals surface area contributed by atoms with E-state index in [0.29, 0.717) is 5.92 Å². The maximum absolute atomic E-state index is 12.4. The van der Waals surface area contributed by atoms with Crippen molar-refractivity contribution in [2.45, 2.75) is 33.0 Å². The van der Waals surface area contributed by atoms with Crippen LogP contribution in [0.4, 0.5) is 13.2 Å². The summed E-state index contributed by atoms with van der Waals surface area (Å²) in [5, 5.41) is 0. The third-order valence-corrected chi connectivity index (χ3v) is 3.24.